The van der Waals surface area contributed by atoms with Crippen LogP contribution in [0.5, 0.6) is 11.5 Å². The Hall–Kier alpha value is -3.02. The average Bonchev–Trinajstić information content (AvgIpc) is 3.01. The van der Waals surface area contributed by atoms with Gasteiger partial charge in [-0.3, -0.25) is 4.79 Å². The second kappa shape index (κ2) is 8.38. The molecule has 6 nitrogen and oxygen atoms in total. The smallest absolute Gasteiger partial charge is 0.217 e. The van der Waals surface area contributed by atoms with Crippen molar-refractivity contribution < 1.29 is 14.3 Å². The Bertz CT molecular complexity index is 872. The van der Waals surface area contributed by atoms with E-state index in [-0.39, 0.29) is 5.91 Å². The summed E-state index contributed by atoms with van der Waals surface area (Å²) in [5, 5.41) is 2.82. The molecule has 3 rings (SSSR count). The van der Waals surface area contributed by atoms with Gasteiger partial charge in [0.2, 0.25) is 5.91 Å². The fourth-order valence-corrected chi connectivity index (χ4v) is 2.80. The number of benzene rings is 2. The summed E-state index contributed by atoms with van der Waals surface area (Å²) < 4.78 is 13.1. The summed E-state index contributed by atoms with van der Waals surface area (Å²) in [5.41, 5.74) is 2.00. The zero-order valence-electron chi connectivity index (χ0n) is 15.1. The van der Waals surface area contributed by atoms with Crippen LogP contribution in [-0.4, -0.2) is 29.2 Å². The van der Waals surface area contributed by atoms with E-state index in [1.165, 1.54) is 6.92 Å². The standard InChI is InChI=1S/C20H23N3O3/c1-15(24)21-14-20-22-18-6-3-4-7-19(18)23(20)12-5-13-26-17-10-8-16(25-2)9-11-17/h3-4,6-11H,5,12-14H2,1-2H3,(H,21,24). The molecule has 0 aliphatic rings. The van der Waals surface area contributed by atoms with Gasteiger partial charge in [-0.1, -0.05) is 12.1 Å². The highest BCUT2D eigenvalue weighted by atomic mass is 16.5. The van der Waals surface area contributed by atoms with E-state index < -0.39 is 0 Å². The van der Waals surface area contributed by atoms with E-state index in [1.54, 1.807) is 7.11 Å². The second-order valence-corrected chi connectivity index (χ2v) is 5.96. The molecule has 0 aliphatic carbocycles. The van der Waals surface area contributed by atoms with Gasteiger partial charge >= 0.3 is 0 Å². The number of methoxy groups -OCH3 is 1. The molecule has 0 unspecified atom stereocenters. The van der Waals surface area contributed by atoms with Gasteiger partial charge in [0, 0.05) is 13.5 Å². The van der Waals surface area contributed by atoms with Crippen LogP contribution in [0.15, 0.2) is 48.5 Å². The molecular weight excluding hydrogens is 330 g/mol. The molecule has 0 saturated heterocycles. The number of fused-ring (bicyclic) bond motifs is 1. The third-order valence-electron chi connectivity index (χ3n) is 4.08. The Morgan fingerprint density at radius 2 is 1.85 bits per heavy atom. The molecule has 0 saturated carbocycles. The highest BCUT2D eigenvalue weighted by molar-refractivity contribution is 5.76. The van der Waals surface area contributed by atoms with Crippen molar-refractivity contribution in [2.24, 2.45) is 0 Å². The SMILES string of the molecule is COc1ccc(OCCCn2c(CNC(C)=O)nc3ccccc32)cc1. The third kappa shape index (κ3) is 4.33. The van der Waals surface area contributed by atoms with Crippen molar-refractivity contribution in [1.29, 1.82) is 0 Å². The molecule has 0 fully saturated rings. The molecule has 1 N–H and O–H groups in total. The Morgan fingerprint density at radius 3 is 2.58 bits per heavy atom. The van der Waals surface area contributed by atoms with Gasteiger partial charge in [-0.15, -0.1) is 0 Å². The topological polar surface area (TPSA) is 65.4 Å². The van der Waals surface area contributed by atoms with E-state index in [4.69, 9.17) is 9.47 Å². The van der Waals surface area contributed by atoms with Gasteiger partial charge in [-0.2, -0.15) is 0 Å². The van der Waals surface area contributed by atoms with Crippen LogP contribution >= 0.6 is 0 Å². The Morgan fingerprint density at radius 1 is 1.12 bits per heavy atom. The normalized spacial score (nSPS) is 10.7. The summed E-state index contributed by atoms with van der Waals surface area (Å²) in [7, 11) is 1.64. The number of hydrogen-bond donors (Lipinski definition) is 1. The Labute approximate surface area is 152 Å². The van der Waals surface area contributed by atoms with Gasteiger partial charge in [0.25, 0.3) is 0 Å². The van der Waals surface area contributed by atoms with Gasteiger partial charge in [0.15, 0.2) is 0 Å². The number of carbonyl (C=O) groups is 1. The highest BCUT2D eigenvalue weighted by Gasteiger charge is 2.10. The van der Waals surface area contributed by atoms with E-state index in [1.807, 2.05) is 48.5 Å². The van der Waals surface area contributed by atoms with Gasteiger partial charge in [-0.25, -0.2) is 4.98 Å². The summed E-state index contributed by atoms with van der Waals surface area (Å²) >= 11 is 0. The minimum absolute atomic E-state index is 0.0635. The van der Waals surface area contributed by atoms with Crippen molar-refractivity contribution in [2.75, 3.05) is 13.7 Å². The van der Waals surface area contributed by atoms with Crippen molar-refractivity contribution in [2.45, 2.75) is 26.4 Å². The zero-order chi connectivity index (χ0) is 18.4. The molecule has 2 aromatic carbocycles. The number of aryl methyl sites for hydroxylation is 1. The zero-order valence-corrected chi connectivity index (χ0v) is 15.1. The Balaban J connectivity index is 1.63. The maximum Gasteiger partial charge on any atom is 0.217 e. The predicted molar refractivity (Wildman–Crippen MR) is 100 cm³/mol. The molecule has 6 heteroatoms. The molecule has 1 amide bonds. The third-order valence-corrected chi connectivity index (χ3v) is 4.08. The summed E-state index contributed by atoms with van der Waals surface area (Å²) in [5.74, 6) is 2.42. The lowest BCUT2D eigenvalue weighted by atomic mass is 10.3. The van der Waals surface area contributed by atoms with Gasteiger partial charge in [-0.05, 0) is 42.8 Å². The molecule has 0 radical (unpaired) electrons. The number of imidazole rings is 1. The van der Waals surface area contributed by atoms with E-state index >= 15 is 0 Å². The summed E-state index contributed by atoms with van der Waals surface area (Å²) in [6.45, 7) is 3.29. The molecule has 0 aliphatic heterocycles. The van der Waals surface area contributed by atoms with Crippen molar-refractivity contribution in [1.82, 2.24) is 14.9 Å². The molecule has 3 aromatic rings. The quantitative estimate of drug-likeness (QED) is 0.632. The monoisotopic (exact) mass is 353 g/mol. The van der Waals surface area contributed by atoms with E-state index in [0.717, 1.165) is 41.3 Å². The number of nitrogens with one attached hydrogen (secondary N) is 1. The van der Waals surface area contributed by atoms with Gasteiger partial charge < -0.3 is 19.4 Å². The summed E-state index contributed by atoms with van der Waals surface area (Å²) in [4.78, 5) is 15.9. The first-order valence-corrected chi connectivity index (χ1v) is 8.63. The first-order chi connectivity index (χ1) is 12.7. The maximum atomic E-state index is 11.2. The summed E-state index contributed by atoms with van der Waals surface area (Å²) in [6.07, 6.45) is 0.833. The van der Waals surface area contributed by atoms with E-state index in [2.05, 4.69) is 14.9 Å². The minimum Gasteiger partial charge on any atom is -0.497 e. The first-order valence-electron chi connectivity index (χ1n) is 8.63. The van der Waals surface area contributed by atoms with E-state index in [0.29, 0.717) is 13.2 Å². The molecule has 26 heavy (non-hydrogen) atoms. The van der Waals surface area contributed by atoms with Crippen LogP contribution in [-0.2, 0) is 17.9 Å². The number of carbonyl (C=O) groups excluding carboxylic acids is 1. The number of para-hydroxylation sites is 2. The van der Waals surface area contributed by atoms with Crippen molar-refractivity contribution in [3.05, 3.63) is 54.4 Å². The molecule has 136 valence electrons. The van der Waals surface area contributed by atoms with Crippen LogP contribution in [0.3, 0.4) is 0 Å². The number of hydrogen-bond acceptors (Lipinski definition) is 4. The number of ether oxygens (including phenoxy) is 2. The first kappa shape index (κ1) is 17.8. The number of rotatable bonds is 8. The minimum atomic E-state index is -0.0635. The average molecular weight is 353 g/mol. The highest BCUT2D eigenvalue weighted by Crippen LogP contribution is 2.19. The fraction of sp³-hybridized carbons (Fsp3) is 0.300. The summed E-state index contributed by atoms with van der Waals surface area (Å²) in [6, 6.07) is 15.5. The lowest BCUT2D eigenvalue weighted by Gasteiger charge is -2.11. The van der Waals surface area contributed by atoms with Crippen LogP contribution in [0.1, 0.15) is 19.2 Å². The number of amides is 1. The molecular formula is C20H23N3O3. The van der Waals surface area contributed by atoms with Crippen LogP contribution in [0.4, 0.5) is 0 Å². The lowest BCUT2D eigenvalue weighted by molar-refractivity contribution is -0.119. The lowest BCUT2D eigenvalue weighted by Crippen LogP contribution is -2.22. The number of aromatic nitrogens is 2. The second-order valence-electron chi connectivity index (χ2n) is 5.96. The van der Waals surface area contributed by atoms with Gasteiger partial charge in [0.1, 0.15) is 17.3 Å². The molecule has 1 heterocycles. The molecule has 1 aromatic heterocycles. The van der Waals surface area contributed by atoms with Crippen LogP contribution in [0, 0.1) is 0 Å². The van der Waals surface area contributed by atoms with Crippen molar-refractivity contribution in [3.8, 4) is 11.5 Å². The molecule has 0 bridgehead atoms. The number of nitrogens with zero attached hydrogens (tertiary/aromatic N) is 2. The largest absolute Gasteiger partial charge is 0.497 e. The Kier molecular flexibility index (Phi) is 5.73. The van der Waals surface area contributed by atoms with Crippen molar-refractivity contribution in [3.63, 3.8) is 0 Å². The van der Waals surface area contributed by atoms with E-state index in [9.17, 15) is 4.79 Å². The molecule has 0 spiro atoms. The van der Waals surface area contributed by atoms with Crippen LogP contribution in [0.25, 0.3) is 11.0 Å². The molecule has 0 atom stereocenters. The van der Waals surface area contributed by atoms with Crippen LogP contribution in [0.2, 0.25) is 0 Å². The predicted octanol–water partition coefficient (Wildman–Crippen LogP) is 3.15. The maximum absolute atomic E-state index is 11.2. The van der Waals surface area contributed by atoms with Crippen LogP contribution < -0.4 is 14.8 Å². The van der Waals surface area contributed by atoms with Gasteiger partial charge in [0.05, 0.1) is 31.3 Å². The fourth-order valence-electron chi connectivity index (χ4n) is 2.80. The van der Waals surface area contributed by atoms with Crippen molar-refractivity contribution >= 4 is 16.9 Å².